The molecule has 6 heteroatoms. The molecule has 0 unspecified atom stereocenters. The molecule has 0 radical (unpaired) electrons. The maximum absolute atomic E-state index is 12.4. The number of ether oxygens (including phenoxy) is 2. The van der Waals surface area contributed by atoms with Crippen molar-refractivity contribution in [1.82, 2.24) is 4.90 Å². The van der Waals surface area contributed by atoms with Crippen LogP contribution in [0, 0.1) is 0 Å². The lowest BCUT2D eigenvalue weighted by molar-refractivity contribution is 0.0671. The largest absolute Gasteiger partial charge is 0.397 e. The van der Waals surface area contributed by atoms with Crippen LogP contribution in [0.3, 0.4) is 0 Å². The summed E-state index contributed by atoms with van der Waals surface area (Å²) in [5.74, 6) is 0. The molecular weight excluding hydrogens is 270 g/mol. The molecule has 2 amide bonds. The Bertz CT molecular complexity index is 467. The van der Waals surface area contributed by atoms with Gasteiger partial charge in [0, 0.05) is 33.4 Å². The van der Waals surface area contributed by atoms with Crippen LogP contribution in [0.2, 0.25) is 0 Å². The van der Waals surface area contributed by atoms with E-state index in [9.17, 15) is 4.79 Å². The van der Waals surface area contributed by atoms with Crippen LogP contribution >= 0.6 is 0 Å². The summed E-state index contributed by atoms with van der Waals surface area (Å²) in [6.45, 7) is 3.94. The molecule has 1 aliphatic heterocycles. The van der Waals surface area contributed by atoms with E-state index in [-0.39, 0.29) is 6.03 Å². The number of carbonyl (C=O) groups excluding carboxylic acids is 1. The molecule has 1 heterocycles. The number of urea groups is 1. The fourth-order valence-electron chi connectivity index (χ4n) is 2.35. The Labute approximate surface area is 125 Å². The van der Waals surface area contributed by atoms with Gasteiger partial charge in [-0.1, -0.05) is 12.1 Å². The topological polar surface area (TPSA) is 68.0 Å². The number of rotatable bonds is 8. The predicted molar refractivity (Wildman–Crippen MR) is 82.5 cm³/mol. The highest BCUT2D eigenvalue weighted by Crippen LogP contribution is 2.26. The van der Waals surface area contributed by atoms with Crippen molar-refractivity contribution in [2.75, 3.05) is 57.2 Å². The number of amides is 2. The van der Waals surface area contributed by atoms with Gasteiger partial charge in [0.05, 0.1) is 24.6 Å². The first-order valence-corrected chi connectivity index (χ1v) is 7.21. The number of hydrogen-bond acceptors (Lipinski definition) is 4. The summed E-state index contributed by atoms with van der Waals surface area (Å²) in [4.78, 5) is 15.9. The zero-order chi connectivity index (χ0) is 15.1. The van der Waals surface area contributed by atoms with Gasteiger partial charge in [0.1, 0.15) is 0 Å². The van der Waals surface area contributed by atoms with E-state index in [1.54, 1.807) is 12.0 Å². The Morgan fingerprint density at radius 2 is 2.00 bits per heavy atom. The molecule has 1 aromatic rings. The van der Waals surface area contributed by atoms with E-state index in [0.717, 1.165) is 18.7 Å². The minimum atomic E-state index is 0.0183. The molecule has 116 valence electrons. The standard InChI is InChI=1S/C15H23N3O3/c1-20-11-12-21-10-4-7-17-8-9-18(15(17)19)14-6-3-2-5-13(14)16/h2-3,5-6H,4,7-12,16H2,1H3. The number of para-hydroxylation sites is 2. The molecular formula is C15H23N3O3. The SMILES string of the molecule is COCCOCCCN1CCN(c2ccccc2N)C1=O. The van der Waals surface area contributed by atoms with Gasteiger partial charge in [0.15, 0.2) is 0 Å². The molecule has 0 atom stereocenters. The van der Waals surface area contributed by atoms with Gasteiger partial charge < -0.3 is 20.1 Å². The maximum Gasteiger partial charge on any atom is 0.324 e. The Hall–Kier alpha value is -1.79. The average molecular weight is 293 g/mol. The number of anilines is 2. The summed E-state index contributed by atoms with van der Waals surface area (Å²) in [6.07, 6.45) is 0.827. The first kappa shape index (κ1) is 15.6. The van der Waals surface area contributed by atoms with Crippen LogP contribution in [0.25, 0.3) is 0 Å². The lowest BCUT2D eigenvalue weighted by Gasteiger charge is -2.19. The minimum absolute atomic E-state index is 0.0183. The second-order valence-corrected chi connectivity index (χ2v) is 4.94. The Morgan fingerprint density at radius 1 is 1.19 bits per heavy atom. The molecule has 1 aliphatic rings. The van der Waals surface area contributed by atoms with Crippen LogP contribution in [0.4, 0.5) is 16.2 Å². The molecule has 2 rings (SSSR count). The van der Waals surface area contributed by atoms with Gasteiger partial charge in [-0.3, -0.25) is 4.90 Å². The van der Waals surface area contributed by atoms with E-state index >= 15 is 0 Å². The van der Waals surface area contributed by atoms with Crippen LogP contribution in [-0.2, 0) is 9.47 Å². The summed E-state index contributed by atoms with van der Waals surface area (Å²) in [6, 6.07) is 7.48. The van der Waals surface area contributed by atoms with Crippen molar-refractivity contribution in [2.45, 2.75) is 6.42 Å². The number of methoxy groups -OCH3 is 1. The Balaban J connectivity index is 1.78. The van der Waals surface area contributed by atoms with E-state index in [2.05, 4.69) is 0 Å². The summed E-state index contributed by atoms with van der Waals surface area (Å²) in [5, 5.41) is 0. The molecule has 0 saturated carbocycles. The molecule has 6 nitrogen and oxygen atoms in total. The lowest BCUT2D eigenvalue weighted by Crippen LogP contribution is -2.33. The second-order valence-electron chi connectivity index (χ2n) is 4.94. The van der Waals surface area contributed by atoms with Gasteiger partial charge in [0.25, 0.3) is 0 Å². The third-order valence-corrected chi connectivity index (χ3v) is 3.47. The quantitative estimate of drug-likeness (QED) is 0.583. The fourth-order valence-corrected chi connectivity index (χ4v) is 2.35. The van der Waals surface area contributed by atoms with Crippen LogP contribution in [0.5, 0.6) is 0 Å². The van der Waals surface area contributed by atoms with Crippen molar-refractivity contribution in [1.29, 1.82) is 0 Å². The van der Waals surface area contributed by atoms with Crippen molar-refractivity contribution < 1.29 is 14.3 Å². The monoisotopic (exact) mass is 293 g/mol. The highest BCUT2D eigenvalue weighted by molar-refractivity contribution is 5.97. The van der Waals surface area contributed by atoms with Crippen molar-refractivity contribution in [3.8, 4) is 0 Å². The third-order valence-electron chi connectivity index (χ3n) is 3.47. The lowest BCUT2D eigenvalue weighted by atomic mass is 10.2. The normalized spacial score (nSPS) is 15.0. The number of nitrogens with zero attached hydrogens (tertiary/aromatic N) is 2. The number of benzene rings is 1. The van der Waals surface area contributed by atoms with E-state index in [0.29, 0.717) is 38.6 Å². The van der Waals surface area contributed by atoms with Crippen molar-refractivity contribution in [2.24, 2.45) is 0 Å². The zero-order valence-electron chi connectivity index (χ0n) is 12.5. The van der Waals surface area contributed by atoms with Crippen LogP contribution < -0.4 is 10.6 Å². The summed E-state index contributed by atoms with van der Waals surface area (Å²) in [7, 11) is 1.65. The van der Waals surface area contributed by atoms with Gasteiger partial charge >= 0.3 is 6.03 Å². The summed E-state index contributed by atoms with van der Waals surface area (Å²) in [5.41, 5.74) is 7.36. The molecule has 1 aromatic carbocycles. The van der Waals surface area contributed by atoms with Crippen LogP contribution in [-0.4, -0.2) is 57.5 Å². The van der Waals surface area contributed by atoms with E-state index in [1.165, 1.54) is 0 Å². The fraction of sp³-hybridized carbons (Fsp3) is 0.533. The predicted octanol–water partition coefficient (Wildman–Crippen LogP) is 1.56. The van der Waals surface area contributed by atoms with Crippen molar-refractivity contribution >= 4 is 17.4 Å². The zero-order valence-corrected chi connectivity index (χ0v) is 12.5. The summed E-state index contributed by atoms with van der Waals surface area (Å²) >= 11 is 0. The molecule has 21 heavy (non-hydrogen) atoms. The third kappa shape index (κ3) is 4.09. The first-order valence-electron chi connectivity index (χ1n) is 7.21. The van der Waals surface area contributed by atoms with Gasteiger partial charge in [-0.2, -0.15) is 0 Å². The van der Waals surface area contributed by atoms with Gasteiger partial charge in [0.2, 0.25) is 0 Å². The van der Waals surface area contributed by atoms with Crippen LogP contribution in [0.15, 0.2) is 24.3 Å². The van der Waals surface area contributed by atoms with Crippen molar-refractivity contribution in [3.63, 3.8) is 0 Å². The molecule has 0 aliphatic carbocycles. The van der Waals surface area contributed by atoms with Gasteiger partial charge in [-0.05, 0) is 18.6 Å². The van der Waals surface area contributed by atoms with Crippen molar-refractivity contribution in [3.05, 3.63) is 24.3 Å². The Morgan fingerprint density at radius 3 is 2.76 bits per heavy atom. The Kier molecular flexibility index (Phi) is 5.83. The average Bonchev–Trinajstić information content (AvgIpc) is 2.84. The molecule has 2 N–H and O–H groups in total. The highest BCUT2D eigenvalue weighted by atomic mass is 16.5. The molecule has 1 saturated heterocycles. The molecule has 0 spiro atoms. The maximum atomic E-state index is 12.4. The molecule has 1 fully saturated rings. The number of hydrogen-bond donors (Lipinski definition) is 1. The number of nitrogens with two attached hydrogens (primary N) is 1. The van der Waals surface area contributed by atoms with E-state index in [4.69, 9.17) is 15.2 Å². The van der Waals surface area contributed by atoms with Gasteiger partial charge in [-0.25, -0.2) is 4.79 Å². The van der Waals surface area contributed by atoms with Gasteiger partial charge in [-0.15, -0.1) is 0 Å². The van der Waals surface area contributed by atoms with E-state index < -0.39 is 0 Å². The van der Waals surface area contributed by atoms with Crippen LogP contribution in [0.1, 0.15) is 6.42 Å². The molecule has 0 bridgehead atoms. The highest BCUT2D eigenvalue weighted by Gasteiger charge is 2.29. The smallest absolute Gasteiger partial charge is 0.324 e. The summed E-state index contributed by atoms with van der Waals surface area (Å²) < 4.78 is 10.3. The first-order chi connectivity index (χ1) is 10.2. The second kappa shape index (κ2) is 7.85. The number of nitrogen functional groups attached to an aromatic ring is 1. The minimum Gasteiger partial charge on any atom is -0.397 e. The number of carbonyl (C=O) groups is 1. The van der Waals surface area contributed by atoms with E-state index in [1.807, 2.05) is 29.2 Å². The molecule has 0 aromatic heterocycles.